The highest BCUT2D eigenvalue weighted by atomic mass is 32.2. The Kier molecular flexibility index (Phi) is 13.3. The van der Waals surface area contributed by atoms with Gasteiger partial charge in [0.25, 0.3) is 0 Å². The van der Waals surface area contributed by atoms with E-state index in [2.05, 4.69) is 35.1 Å². The first-order valence-corrected chi connectivity index (χ1v) is 8.67. The molecule has 112 valence electrons. The summed E-state index contributed by atoms with van der Waals surface area (Å²) >= 11 is 1.91. The monoisotopic (exact) mass is 285 g/mol. The standard InChI is InChI=1S/C15H31N3S/c1-5-6-7-8-10-13-18(3)15(16-2)17-12-9-11-14-19-4/h5H,1,6-14H2,2-4H3,(H,16,17). The molecule has 0 rings (SSSR count). The van der Waals surface area contributed by atoms with E-state index in [1.54, 1.807) is 0 Å². The number of nitrogens with one attached hydrogen (secondary N) is 1. The summed E-state index contributed by atoms with van der Waals surface area (Å²) in [7, 11) is 3.98. The minimum atomic E-state index is 1.02. The molecule has 0 bridgehead atoms. The first-order chi connectivity index (χ1) is 9.26. The van der Waals surface area contributed by atoms with Crippen LogP contribution in [0.2, 0.25) is 0 Å². The third-order valence-electron chi connectivity index (χ3n) is 3.03. The number of hydrogen-bond acceptors (Lipinski definition) is 2. The zero-order chi connectivity index (χ0) is 14.3. The lowest BCUT2D eigenvalue weighted by atomic mass is 10.2. The molecule has 0 amide bonds. The highest BCUT2D eigenvalue weighted by Gasteiger charge is 2.04. The summed E-state index contributed by atoms with van der Waals surface area (Å²) in [5.41, 5.74) is 0. The third-order valence-corrected chi connectivity index (χ3v) is 3.73. The van der Waals surface area contributed by atoms with Crippen molar-refractivity contribution in [2.45, 2.75) is 38.5 Å². The first kappa shape index (κ1) is 18.4. The van der Waals surface area contributed by atoms with E-state index >= 15 is 0 Å². The molecular formula is C15H31N3S. The number of hydrogen-bond donors (Lipinski definition) is 1. The van der Waals surface area contributed by atoms with Crippen molar-refractivity contribution in [3.8, 4) is 0 Å². The van der Waals surface area contributed by atoms with Crippen molar-refractivity contribution < 1.29 is 0 Å². The molecule has 0 unspecified atom stereocenters. The van der Waals surface area contributed by atoms with E-state index in [-0.39, 0.29) is 0 Å². The van der Waals surface area contributed by atoms with Crippen molar-refractivity contribution in [2.24, 2.45) is 4.99 Å². The lowest BCUT2D eigenvalue weighted by molar-refractivity contribution is 0.454. The minimum Gasteiger partial charge on any atom is -0.356 e. The van der Waals surface area contributed by atoms with Crippen molar-refractivity contribution >= 4 is 17.7 Å². The van der Waals surface area contributed by atoms with Crippen LogP contribution in [0.25, 0.3) is 0 Å². The molecule has 0 heterocycles. The van der Waals surface area contributed by atoms with Gasteiger partial charge in [-0.2, -0.15) is 11.8 Å². The van der Waals surface area contributed by atoms with Crippen LogP contribution in [0.15, 0.2) is 17.6 Å². The molecule has 1 N–H and O–H groups in total. The topological polar surface area (TPSA) is 27.6 Å². The van der Waals surface area contributed by atoms with Crippen molar-refractivity contribution in [2.75, 3.05) is 39.2 Å². The summed E-state index contributed by atoms with van der Waals surface area (Å²) in [4.78, 5) is 6.56. The number of aliphatic imine (C=N–C) groups is 1. The predicted octanol–water partition coefficient (Wildman–Crippen LogP) is 3.38. The molecule has 0 aliphatic rings. The summed E-state index contributed by atoms with van der Waals surface area (Å²) in [5, 5.41) is 3.43. The summed E-state index contributed by atoms with van der Waals surface area (Å²) in [5.74, 6) is 2.27. The fourth-order valence-corrected chi connectivity index (χ4v) is 2.37. The van der Waals surface area contributed by atoms with Gasteiger partial charge in [-0.1, -0.05) is 12.5 Å². The smallest absolute Gasteiger partial charge is 0.193 e. The number of unbranched alkanes of at least 4 members (excludes halogenated alkanes) is 4. The Balaban J connectivity index is 3.67. The molecule has 0 saturated heterocycles. The van der Waals surface area contributed by atoms with Crippen molar-refractivity contribution in [1.29, 1.82) is 0 Å². The Bertz CT molecular complexity index is 242. The van der Waals surface area contributed by atoms with Crippen LogP contribution < -0.4 is 5.32 Å². The number of allylic oxidation sites excluding steroid dienone is 1. The quantitative estimate of drug-likeness (QED) is 0.273. The molecule has 0 aromatic carbocycles. The molecule has 19 heavy (non-hydrogen) atoms. The van der Waals surface area contributed by atoms with Gasteiger partial charge in [-0.25, -0.2) is 0 Å². The number of rotatable bonds is 11. The zero-order valence-corrected chi connectivity index (χ0v) is 13.8. The van der Waals surface area contributed by atoms with E-state index in [9.17, 15) is 0 Å². The molecule has 0 spiro atoms. The first-order valence-electron chi connectivity index (χ1n) is 7.27. The van der Waals surface area contributed by atoms with E-state index in [1.807, 2.05) is 24.9 Å². The van der Waals surface area contributed by atoms with Gasteiger partial charge in [-0.3, -0.25) is 4.99 Å². The van der Waals surface area contributed by atoms with E-state index in [4.69, 9.17) is 0 Å². The highest BCUT2D eigenvalue weighted by molar-refractivity contribution is 7.98. The molecule has 4 heteroatoms. The minimum absolute atomic E-state index is 1.02. The lowest BCUT2D eigenvalue weighted by Gasteiger charge is -2.22. The number of guanidine groups is 1. The maximum Gasteiger partial charge on any atom is 0.193 e. The van der Waals surface area contributed by atoms with E-state index < -0.39 is 0 Å². The summed E-state index contributed by atoms with van der Waals surface area (Å²) in [6, 6.07) is 0. The molecule has 3 nitrogen and oxygen atoms in total. The molecule has 0 radical (unpaired) electrons. The van der Waals surface area contributed by atoms with Gasteiger partial charge in [0.1, 0.15) is 0 Å². The van der Waals surface area contributed by atoms with Gasteiger partial charge < -0.3 is 10.2 Å². The second-order valence-corrected chi connectivity index (χ2v) is 5.72. The predicted molar refractivity (Wildman–Crippen MR) is 90.3 cm³/mol. The van der Waals surface area contributed by atoms with Gasteiger partial charge >= 0.3 is 0 Å². The normalized spacial score (nSPS) is 11.4. The lowest BCUT2D eigenvalue weighted by Crippen LogP contribution is -2.39. The zero-order valence-electron chi connectivity index (χ0n) is 13.0. The average molecular weight is 286 g/mol. The molecular weight excluding hydrogens is 254 g/mol. The second kappa shape index (κ2) is 13.8. The molecule has 0 fully saturated rings. The maximum atomic E-state index is 4.33. The van der Waals surface area contributed by atoms with E-state index in [1.165, 1.54) is 37.9 Å². The summed E-state index contributed by atoms with van der Waals surface area (Å²) in [6.45, 7) is 5.84. The van der Waals surface area contributed by atoms with Crippen LogP contribution in [0.4, 0.5) is 0 Å². The van der Waals surface area contributed by atoms with Crippen LogP contribution in [0.3, 0.4) is 0 Å². The Morgan fingerprint density at radius 2 is 2.05 bits per heavy atom. The molecule has 0 aliphatic heterocycles. The number of thioether (sulfide) groups is 1. The van der Waals surface area contributed by atoms with Crippen LogP contribution in [0.5, 0.6) is 0 Å². The average Bonchev–Trinajstić information content (AvgIpc) is 2.42. The van der Waals surface area contributed by atoms with Crippen LogP contribution in [0.1, 0.15) is 38.5 Å². The van der Waals surface area contributed by atoms with Crippen molar-refractivity contribution in [3.05, 3.63) is 12.7 Å². The van der Waals surface area contributed by atoms with Crippen LogP contribution in [0, 0.1) is 0 Å². The summed E-state index contributed by atoms with van der Waals surface area (Å²) < 4.78 is 0. The molecule has 0 saturated carbocycles. The van der Waals surface area contributed by atoms with Crippen molar-refractivity contribution in [1.82, 2.24) is 10.2 Å². The van der Waals surface area contributed by atoms with Crippen LogP contribution in [-0.2, 0) is 0 Å². The van der Waals surface area contributed by atoms with Gasteiger partial charge in [0.15, 0.2) is 5.96 Å². The fourth-order valence-electron chi connectivity index (χ4n) is 1.88. The molecule has 0 aliphatic carbocycles. The highest BCUT2D eigenvalue weighted by Crippen LogP contribution is 2.02. The largest absolute Gasteiger partial charge is 0.356 e. The Morgan fingerprint density at radius 1 is 1.26 bits per heavy atom. The summed E-state index contributed by atoms with van der Waals surface area (Å²) in [6.07, 6.45) is 11.5. The van der Waals surface area contributed by atoms with E-state index in [0.29, 0.717) is 0 Å². The fraction of sp³-hybridized carbons (Fsp3) is 0.800. The Hall–Kier alpha value is -0.640. The SMILES string of the molecule is C=CCCCCCN(C)C(=NC)NCCCCSC. The van der Waals surface area contributed by atoms with Gasteiger partial charge in [-0.05, 0) is 44.1 Å². The molecule has 0 aromatic rings. The van der Waals surface area contributed by atoms with Crippen molar-refractivity contribution in [3.63, 3.8) is 0 Å². The molecule has 0 aromatic heterocycles. The van der Waals surface area contributed by atoms with Gasteiger partial charge in [0.2, 0.25) is 0 Å². The van der Waals surface area contributed by atoms with Gasteiger partial charge in [-0.15, -0.1) is 6.58 Å². The second-order valence-electron chi connectivity index (χ2n) is 4.73. The van der Waals surface area contributed by atoms with Crippen LogP contribution >= 0.6 is 11.8 Å². The van der Waals surface area contributed by atoms with E-state index in [0.717, 1.165) is 25.5 Å². The Labute approximate surface area is 123 Å². The maximum absolute atomic E-state index is 4.33. The van der Waals surface area contributed by atoms with Crippen LogP contribution in [-0.4, -0.2) is 50.1 Å². The molecule has 0 atom stereocenters. The van der Waals surface area contributed by atoms with Gasteiger partial charge in [0, 0.05) is 27.2 Å². The number of nitrogens with zero attached hydrogens (tertiary/aromatic N) is 2. The Morgan fingerprint density at radius 3 is 2.68 bits per heavy atom. The third kappa shape index (κ3) is 10.9. The van der Waals surface area contributed by atoms with Gasteiger partial charge in [0.05, 0.1) is 0 Å².